The fourth-order valence-electron chi connectivity index (χ4n) is 5.02. The van der Waals surface area contributed by atoms with Crippen molar-refractivity contribution in [3.63, 3.8) is 0 Å². The van der Waals surface area contributed by atoms with E-state index in [4.69, 9.17) is 9.47 Å². The molecule has 0 radical (unpaired) electrons. The van der Waals surface area contributed by atoms with Gasteiger partial charge >= 0.3 is 6.18 Å². The lowest BCUT2D eigenvalue weighted by Crippen LogP contribution is -2.36. The molecule has 1 saturated carbocycles. The number of nitrogens with one attached hydrogen (secondary N) is 2. The Bertz CT molecular complexity index is 1020. The van der Waals surface area contributed by atoms with Crippen LogP contribution in [0.4, 0.5) is 28.9 Å². The average molecular weight is 509 g/mol. The summed E-state index contributed by atoms with van der Waals surface area (Å²) in [4.78, 5) is 13.1. The Balaban J connectivity index is 1.47. The maximum absolute atomic E-state index is 14.4. The Hall–Kier alpha value is -2.65. The van der Waals surface area contributed by atoms with E-state index in [1.165, 1.54) is 0 Å². The molecule has 0 spiro atoms. The molecule has 1 amide bonds. The van der Waals surface area contributed by atoms with Gasteiger partial charge in [-0.15, -0.1) is 0 Å². The highest BCUT2D eigenvalue weighted by molar-refractivity contribution is 5.92. The minimum absolute atomic E-state index is 0.0672. The second-order valence-corrected chi connectivity index (χ2v) is 9.67. The van der Waals surface area contributed by atoms with Gasteiger partial charge in [-0.25, -0.2) is 4.39 Å². The summed E-state index contributed by atoms with van der Waals surface area (Å²) in [6.45, 7) is 2.05. The number of amides is 1. The summed E-state index contributed by atoms with van der Waals surface area (Å²) in [7, 11) is 1.84. The Morgan fingerprint density at radius 3 is 2.42 bits per heavy atom. The van der Waals surface area contributed by atoms with Crippen molar-refractivity contribution in [2.45, 2.75) is 50.3 Å². The second-order valence-electron chi connectivity index (χ2n) is 9.67. The van der Waals surface area contributed by atoms with E-state index in [-0.39, 0.29) is 17.7 Å². The van der Waals surface area contributed by atoms with E-state index in [1.807, 2.05) is 31.3 Å². The Morgan fingerprint density at radius 2 is 1.78 bits per heavy atom. The molecule has 2 aromatic carbocycles. The normalized spacial score (nSPS) is 23.3. The molecule has 3 atom stereocenters. The first kappa shape index (κ1) is 26.4. The van der Waals surface area contributed by atoms with Gasteiger partial charge in [-0.3, -0.25) is 4.79 Å². The van der Waals surface area contributed by atoms with Crippen molar-refractivity contribution in [1.82, 2.24) is 0 Å². The third kappa shape index (κ3) is 6.76. The third-order valence-electron chi connectivity index (χ3n) is 7.17. The van der Waals surface area contributed by atoms with E-state index in [2.05, 4.69) is 10.6 Å². The van der Waals surface area contributed by atoms with E-state index in [1.54, 1.807) is 0 Å². The second kappa shape index (κ2) is 11.6. The van der Waals surface area contributed by atoms with Crippen LogP contribution in [0.2, 0.25) is 0 Å². The standard InChI is InChI=1S/C27H32F4N2O3/c1-32-22-5-2-18(3-6-22)19-12-20(14-23(13-19)36-16-17-8-10-35-11-9-17)26(34)33-25-7-4-21(15-24(25)28)27(29,30)31/h2-7,15,17,19-20,23,32H,8-14,16H2,1H3,(H,33,34). The minimum Gasteiger partial charge on any atom is -0.388 e. The molecule has 196 valence electrons. The number of benzene rings is 2. The molecule has 2 N–H and O–H groups in total. The quantitative estimate of drug-likeness (QED) is 0.436. The van der Waals surface area contributed by atoms with Gasteiger partial charge in [-0.2, -0.15) is 13.2 Å². The van der Waals surface area contributed by atoms with Gasteiger partial charge in [0, 0.05) is 38.5 Å². The van der Waals surface area contributed by atoms with Gasteiger partial charge in [-0.05, 0) is 79.8 Å². The van der Waals surface area contributed by atoms with Crippen molar-refractivity contribution < 1.29 is 31.8 Å². The molecular formula is C27H32F4N2O3. The lowest BCUT2D eigenvalue weighted by molar-refractivity contribution is -0.137. The van der Waals surface area contributed by atoms with E-state index >= 15 is 0 Å². The molecule has 5 nitrogen and oxygen atoms in total. The van der Waals surface area contributed by atoms with E-state index in [0.29, 0.717) is 31.4 Å². The lowest BCUT2D eigenvalue weighted by atomic mass is 9.76. The number of hydrogen-bond donors (Lipinski definition) is 2. The largest absolute Gasteiger partial charge is 0.416 e. The maximum Gasteiger partial charge on any atom is 0.416 e. The van der Waals surface area contributed by atoms with E-state index in [0.717, 1.165) is 55.9 Å². The minimum atomic E-state index is -4.65. The number of alkyl halides is 3. The number of carbonyl (C=O) groups excluding carboxylic acids is 1. The van der Waals surface area contributed by atoms with Gasteiger partial charge in [0.2, 0.25) is 5.91 Å². The summed E-state index contributed by atoms with van der Waals surface area (Å²) < 4.78 is 64.7. The molecule has 9 heteroatoms. The maximum atomic E-state index is 14.4. The van der Waals surface area contributed by atoms with E-state index < -0.39 is 29.4 Å². The van der Waals surface area contributed by atoms with Crippen molar-refractivity contribution in [1.29, 1.82) is 0 Å². The molecular weight excluding hydrogens is 476 g/mol. The van der Waals surface area contributed by atoms with Crippen LogP contribution in [0.15, 0.2) is 42.5 Å². The van der Waals surface area contributed by atoms with Crippen LogP contribution in [0.3, 0.4) is 0 Å². The zero-order valence-corrected chi connectivity index (χ0v) is 20.2. The topological polar surface area (TPSA) is 59.6 Å². The van der Waals surface area contributed by atoms with Crippen LogP contribution in [0.25, 0.3) is 0 Å². The van der Waals surface area contributed by atoms with Crippen molar-refractivity contribution in [3.8, 4) is 0 Å². The molecule has 2 fully saturated rings. The Labute approximate surface area is 208 Å². The van der Waals surface area contributed by atoms with Crippen LogP contribution in [0.5, 0.6) is 0 Å². The SMILES string of the molecule is CNc1ccc(C2CC(OCC3CCOCC3)CC(C(=O)Nc3ccc(C(F)(F)F)cc3F)C2)cc1. The van der Waals surface area contributed by atoms with Crippen LogP contribution < -0.4 is 10.6 Å². The summed E-state index contributed by atoms with van der Waals surface area (Å²) in [6.07, 6.45) is -1.13. The van der Waals surface area contributed by atoms with Crippen molar-refractivity contribution in [2.24, 2.45) is 11.8 Å². The van der Waals surface area contributed by atoms with Crippen LogP contribution in [-0.4, -0.2) is 38.9 Å². The summed E-state index contributed by atoms with van der Waals surface area (Å²) in [5.74, 6) is -1.50. The first-order chi connectivity index (χ1) is 17.2. The summed E-state index contributed by atoms with van der Waals surface area (Å²) in [5, 5.41) is 5.60. The molecule has 0 aromatic heterocycles. The molecule has 2 aliphatic rings. The predicted octanol–water partition coefficient (Wildman–Crippen LogP) is 6.22. The number of ether oxygens (including phenoxy) is 2. The van der Waals surface area contributed by atoms with Crippen LogP contribution in [0.1, 0.15) is 49.1 Å². The number of halogens is 4. The molecule has 4 rings (SSSR count). The predicted molar refractivity (Wildman–Crippen MR) is 129 cm³/mol. The molecule has 1 heterocycles. The van der Waals surface area contributed by atoms with E-state index in [9.17, 15) is 22.4 Å². The summed E-state index contributed by atoms with van der Waals surface area (Å²) in [5.41, 5.74) is 0.719. The van der Waals surface area contributed by atoms with Crippen LogP contribution in [0, 0.1) is 17.7 Å². The van der Waals surface area contributed by atoms with Crippen molar-refractivity contribution in [2.75, 3.05) is 37.5 Å². The van der Waals surface area contributed by atoms with Gasteiger partial charge in [0.25, 0.3) is 0 Å². The highest BCUT2D eigenvalue weighted by atomic mass is 19.4. The van der Waals surface area contributed by atoms with Gasteiger partial charge < -0.3 is 20.1 Å². The highest BCUT2D eigenvalue weighted by Crippen LogP contribution is 2.39. The molecule has 2 aromatic rings. The zero-order valence-electron chi connectivity index (χ0n) is 20.2. The van der Waals surface area contributed by atoms with Gasteiger partial charge in [-0.1, -0.05) is 12.1 Å². The molecule has 0 bridgehead atoms. The van der Waals surface area contributed by atoms with Crippen LogP contribution >= 0.6 is 0 Å². The lowest BCUT2D eigenvalue weighted by Gasteiger charge is -2.35. The summed E-state index contributed by atoms with van der Waals surface area (Å²) in [6, 6.07) is 10.2. The Morgan fingerprint density at radius 1 is 1.06 bits per heavy atom. The van der Waals surface area contributed by atoms with Crippen molar-refractivity contribution >= 4 is 17.3 Å². The fraction of sp³-hybridized carbons (Fsp3) is 0.519. The number of rotatable bonds is 7. The monoisotopic (exact) mass is 508 g/mol. The molecule has 1 aliphatic carbocycles. The molecule has 36 heavy (non-hydrogen) atoms. The molecule has 1 aliphatic heterocycles. The smallest absolute Gasteiger partial charge is 0.388 e. The number of carbonyl (C=O) groups is 1. The fourth-order valence-corrected chi connectivity index (χ4v) is 5.02. The zero-order chi connectivity index (χ0) is 25.7. The molecule has 1 saturated heterocycles. The average Bonchev–Trinajstić information content (AvgIpc) is 2.88. The Kier molecular flexibility index (Phi) is 8.51. The van der Waals surface area contributed by atoms with Gasteiger partial charge in [0.05, 0.1) is 17.4 Å². The molecule has 3 unspecified atom stereocenters. The number of anilines is 2. The first-order valence-corrected chi connectivity index (χ1v) is 12.4. The summed E-state index contributed by atoms with van der Waals surface area (Å²) >= 11 is 0. The van der Waals surface area contributed by atoms with Crippen LogP contribution in [-0.2, 0) is 20.4 Å². The van der Waals surface area contributed by atoms with Gasteiger partial charge in [0.1, 0.15) is 5.82 Å². The van der Waals surface area contributed by atoms with Gasteiger partial charge in [0.15, 0.2) is 0 Å². The first-order valence-electron chi connectivity index (χ1n) is 12.4. The van der Waals surface area contributed by atoms with Crippen molar-refractivity contribution in [3.05, 3.63) is 59.4 Å². The highest BCUT2D eigenvalue weighted by Gasteiger charge is 2.36. The third-order valence-corrected chi connectivity index (χ3v) is 7.17. The number of hydrogen-bond acceptors (Lipinski definition) is 4.